The highest BCUT2D eigenvalue weighted by molar-refractivity contribution is 5.94. The number of hydrogen-bond donors (Lipinski definition) is 2. The van der Waals surface area contributed by atoms with Crippen LogP contribution in [0.3, 0.4) is 0 Å². The number of pyridine rings is 1. The van der Waals surface area contributed by atoms with Crippen molar-refractivity contribution in [1.29, 1.82) is 0 Å². The molecule has 2 heterocycles. The Bertz CT molecular complexity index is 679. The van der Waals surface area contributed by atoms with Crippen LogP contribution in [0.1, 0.15) is 17.3 Å². The summed E-state index contributed by atoms with van der Waals surface area (Å²) in [5.74, 6) is -0.0753. The maximum Gasteiger partial charge on any atom is 0.251 e. The first-order chi connectivity index (χ1) is 10.6. The van der Waals surface area contributed by atoms with Crippen LogP contribution >= 0.6 is 0 Å². The van der Waals surface area contributed by atoms with Crippen molar-refractivity contribution in [2.24, 2.45) is 5.41 Å². The standard InChI is InChI=1S/C17H19N3O2/c1-17(10-22-11-17)9-20-16(21)13-6-4-12(5-7-13)15-14(18)3-2-8-19-15/h2-8H,9-11,18H2,1H3,(H,20,21). The number of rotatable bonds is 4. The highest BCUT2D eigenvalue weighted by Crippen LogP contribution is 2.25. The third-order valence-corrected chi connectivity index (χ3v) is 3.84. The largest absolute Gasteiger partial charge is 0.397 e. The molecule has 0 saturated carbocycles. The number of hydrogen-bond acceptors (Lipinski definition) is 4. The summed E-state index contributed by atoms with van der Waals surface area (Å²) in [6.45, 7) is 4.13. The van der Waals surface area contributed by atoms with Crippen LogP contribution in [-0.4, -0.2) is 30.6 Å². The van der Waals surface area contributed by atoms with E-state index < -0.39 is 0 Å². The summed E-state index contributed by atoms with van der Waals surface area (Å²) < 4.78 is 5.18. The summed E-state index contributed by atoms with van der Waals surface area (Å²) in [5.41, 5.74) is 8.86. The van der Waals surface area contributed by atoms with E-state index in [-0.39, 0.29) is 11.3 Å². The number of carbonyl (C=O) groups is 1. The molecule has 0 atom stereocenters. The summed E-state index contributed by atoms with van der Waals surface area (Å²) in [6.07, 6.45) is 1.70. The molecule has 1 aromatic carbocycles. The Hall–Kier alpha value is -2.40. The van der Waals surface area contributed by atoms with Gasteiger partial charge >= 0.3 is 0 Å². The summed E-state index contributed by atoms with van der Waals surface area (Å²) in [7, 11) is 0. The second-order valence-corrected chi connectivity index (χ2v) is 6.00. The molecule has 0 aliphatic carbocycles. The zero-order chi connectivity index (χ0) is 15.6. The van der Waals surface area contributed by atoms with Gasteiger partial charge in [0.05, 0.1) is 24.6 Å². The second kappa shape index (κ2) is 5.77. The average Bonchev–Trinajstić information content (AvgIpc) is 2.51. The maximum absolute atomic E-state index is 12.2. The Balaban J connectivity index is 1.68. The molecule has 1 aliphatic rings. The lowest BCUT2D eigenvalue weighted by Gasteiger charge is -2.38. The van der Waals surface area contributed by atoms with Gasteiger partial charge in [-0.05, 0) is 24.3 Å². The van der Waals surface area contributed by atoms with Crippen LogP contribution in [0.4, 0.5) is 5.69 Å². The summed E-state index contributed by atoms with van der Waals surface area (Å²) in [6, 6.07) is 10.9. The monoisotopic (exact) mass is 297 g/mol. The molecule has 0 radical (unpaired) electrons. The van der Waals surface area contributed by atoms with Gasteiger partial charge in [0, 0.05) is 29.3 Å². The minimum atomic E-state index is -0.0753. The first-order valence-corrected chi connectivity index (χ1v) is 7.24. The van der Waals surface area contributed by atoms with Crippen LogP contribution < -0.4 is 11.1 Å². The van der Waals surface area contributed by atoms with Gasteiger partial charge in [0.1, 0.15) is 0 Å². The van der Waals surface area contributed by atoms with Crippen LogP contribution in [0, 0.1) is 5.41 Å². The molecule has 0 spiro atoms. The van der Waals surface area contributed by atoms with Crippen molar-refractivity contribution < 1.29 is 9.53 Å². The van der Waals surface area contributed by atoms with Crippen LogP contribution in [0.2, 0.25) is 0 Å². The van der Waals surface area contributed by atoms with E-state index in [0.29, 0.717) is 31.0 Å². The van der Waals surface area contributed by atoms with Crippen molar-refractivity contribution in [3.8, 4) is 11.3 Å². The topological polar surface area (TPSA) is 77.2 Å². The van der Waals surface area contributed by atoms with E-state index >= 15 is 0 Å². The number of aromatic nitrogens is 1. The Morgan fingerprint density at radius 2 is 2.05 bits per heavy atom. The van der Waals surface area contributed by atoms with Gasteiger partial charge < -0.3 is 15.8 Å². The number of amides is 1. The van der Waals surface area contributed by atoms with Crippen molar-refractivity contribution in [2.45, 2.75) is 6.92 Å². The van der Waals surface area contributed by atoms with E-state index in [9.17, 15) is 4.79 Å². The molecule has 1 aromatic heterocycles. The van der Waals surface area contributed by atoms with Crippen LogP contribution in [0.25, 0.3) is 11.3 Å². The van der Waals surface area contributed by atoms with Crippen LogP contribution in [0.5, 0.6) is 0 Å². The molecule has 2 aromatic rings. The van der Waals surface area contributed by atoms with Gasteiger partial charge in [0.25, 0.3) is 5.91 Å². The average molecular weight is 297 g/mol. The summed E-state index contributed by atoms with van der Waals surface area (Å²) in [4.78, 5) is 16.4. The van der Waals surface area contributed by atoms with E-state index in [1.165, 1.54) is 0 Å². The van der Waals surface area contributed by atoms with Crippen molar-refractivity contribution in [2.75, 3.05) is 25.5 Å². The summed E-state index contributed by atoms with van der Waals surface area (Å²) >= 11 is 0. The number of benzene rings is 1. The van der Waals surface area contributed by atoms with Crippen molar-refractivity contribution in [1.82, 2.24) is 10.3 Å². The van der Waals surface area contributed by atoms with E-state index in [1.54, 1.807) is 24.4 Å². The van der Waals surface area contributed by atoms with E-state index in [0.717, 1.165) is 11.3 Å². The van der Waals surface area contributed by atoms with E-state index in [2.05, 4.69) is 17.2 Å². The van der Waals surface area contributed by atoms with E-state index in [4.69, 9.17) is 10.5 Å². The molecule has 114 valence electrons. The highest BCUT2D eigenvalue weighted by Gasteiger charge is 2.33. The van der Waals surface area contributed by atoms with Gasteiger partial charge in [-0.3, -0.25) is 9.78 Å². The van der Waals surface area contributed by atoms with Crippen LogP contribution in [-0.2, 0) is 4.74 Å². The number of nitrogens with one attached hydrogen (secondary N) is 1. The SMILES string of the molecule is CC1(CNC(=O)c2ccc(-c3ncccc3N)cc2)COC1. The Morgan fingerprint density at radius 3 is 2.64 bits per heavy atom. The molecule has 1 amide bonds. The molecule has 1 fully saturated rings. The van der Waals surface area contributed by atoms with Gasteiger partial charge in [-0.1, -0.05) is 19.1 Å². The zero-order valence-corrected chi connectivity index (χ0v) is 12.5. The quantitative estimate of drug-likeness (QED) is 0.906. The van der Waals surface area contributed by atoms with Crippen molar-refractivity contribution >= 4 is 11.6 Å². The Morgan fingerprint density at radius 1 is 1.32 bits per heavy atom. The molecular formula is C17H19N3O2. The minimum Gasteiger partial charge on any atom is -0.397 e. The molecule has 3 N–H and O–H groups in total. The Kier molecular flexibility index (Phi) is 3.81. The first kappa shape index (κ1) is 14.5. The molecule has 1 saturated heterocycles. The molecule has 22 heavy (non-hydrogen) atoms. The van der Waals surface area contributed by atoms with Crippen molar-refractivity contribution in [3.05, 3.63) is 48.2 Å². The third kappa shape index (κ3) is 2.94. The Labute approximate surface area is 129 Å². The van der Waals surface area contributed by atoms with E-state index in [1.807, 2.05) is 18.2 Å². The van der Waals surface area contributed by atoms with Gasteiger partial charge in [0.15, 0.2) is 0 Å². The second-order valence-electron chi connectivity index (χ2n) is 6.00. The highest BCUT2D eigenvalue weighted by atomic mass is 16.5. The van der Waals surface area contributed by atoms with Crippen LogP contribution in [0.15, 0.2) is 42.6 Å². The lowest BCUT2D eigenvalue weighted by molar-refractivity contribution is -0.0978. The van der Waals surface area contributed by atoms with Gasteiger partial charge in [0.2, 0.25) is 0 Å². The number of nitrogens with zero attached hydrogens (tertiary/aromatic N) is 1. The fourth-order valence-electron chi connectivity index (χ4n) is 2.39. The number of carbonyl (C=O) groups excluding carboxylic acids is 1. The molecule has 0 unspecified atom stereocenters. The minimum absolute atomic E-state index is 0.0675. The molecule has 5 nitrogen and oxygen atoms in total. The fourth-order valence-corrected chi connectivity index (χ4v) is 2.39. The smallest absolute Gasteiger partial charge is 0.251 e. The van der Waals surface area contributed by atoms with Crippen molar-refractivity contribution in [3.63, 3.8) is 0 Å². The predicted molar refractivity (Wildman–Crippen MR) is 85.3 cm³/mol. The van der Waals surface area contributed by atoms with Gasteiger partial charge in [-0.2, -0.15) is 0 Å². The summed E-state index contributed by atoms with van der Waals surface area (Å²) in [5, 5.41) is 2.95. The molecule has 1 aliphatic heterocycles. The molecular weight excluding hydrogens is 278 g/mol. The third-order valence-electron chi connectivity index (χ3n) is 3.84. The normalized spacial score (nSPS) is 15.9. The number of ether oxygens (including phenoxy) is 1. The molecule has 5 heteroatoms. The first-order valence-electron chi connectivity index (χ1n) is 7.24. The lowest BCUT2D eigenvalue weighted by Crippen LogP contribution is -2.48. The zero-order valence-electron chi connectivity index (χ0n) is 12.5. The maximum atomic E-state index is 12.2. The number of nitrogens with two attached hydrogens (primary N) is 1. The molecule has 0 bridgehead atoms. The van der Waals surface area contributed by atoms with Gasteiger partial charge in [-0.15, -0.1) is 0 Å². The fraction of sp³-hybridized carbons (Fsp3) is 0.294. The molecule has 3 rings (SSSR count). The number of nitrogen functional groups attached to an aromatic ring is 1. The number of anilines is 1. The predicted octanol–water partition coefficient (Wildman–Crippen LogP) is 2.10. The lowest BCUT2D eigenvalue weighted by atomic mass is 9.88. The van der Waals surface area contributed by atoms with Gasteiger partial charge in [-0.25, -0.2) is 0 Å².